The average molecular weight is 404 g/mol. The molecule has 1 saturated heterocycles. The summed E-state index contributed by atoms with van der Waals surface area (Å²) in [7, 11) is -4.01. The topological polar surface area (TPSA) is 83.5 Å². The van der Waals surface area contributed by atoms with Crippen LogP contribution in [0.4, 0.5) is 10.1 Å². The molecule has 0 atom stereocenters. The van der Waals surface area contributed by atoms with Crippen molar-refractivity contribution in [2.24, 2.45) is 0 Å². The van der Waals surface area contributed by atoms with Crippen LogP contribution in [0.1, 0.15) is 46.9 Å². The van der Waals surface area contributed by atoms with Crippen molar-refractivity contribution in [3.05, 3.63) is 59.4 Å². The van der Waals surface area contributed by atoms with Crippen LogP contribution in [-0.4, -0.2) is 37.5 Å². The van der Waals surface area contributed by atoms with Gasteiger partial charge in [-0.25, -0.2) is 12.8 Å². The molecule has 1 heterocycles. The van der Waals surface area contributed by atoms with Crippen LogP contribution in [0.15, 0.2) is 47.4 Å². The van der Waals surface area contributed by atoms with E-state index in [9.17, 15) is 22.4 Å². The first-order valence-electron chi connectivity index (χ1n) is 9.01. The molecule has 0 radical (unpaired) electrons. The number of benzene rings is 2. The van der Waals surface area contributed by atoms with Crippen LogP contribution in [-0.2, 0) is 10.0 Å². The first-order chi connectivity index (χ1) is 13.3. The van der Waals surface area contributed by atoms with Crippen LogP contribution in [0.2, 0.25) is 0 Å². The van der Waals surface area contributed by atoms with E-state index in [0.29, 0.717) is 24.3 Å². The molecule has 0 spiro atoms. The molecule has 2 aromatic rings. The smallest absolute Gasteiger partial charge is 0.255 e. The van der Waals surface area contributed by atoms with Gasteiger partial charge in [0.2, 0.25) is 10.0 Å². The predicted octanol–water partition coefficient (Wildman–Crippen LogP) is 3.46. The summed E-state index contributed by atoms with van der Waals surface area (Å²) in [5.74, 6) is -1.62. The van der Waals surface area contributed by atoms with E-state index < -0.39 is 26.6 Å². The molecule has 148 valence electrons. The number of halogens is 1. The third-order valence-electron chi connectivity index (χ3n) is 4.65. The minimum absolute atomic E-state index is 0.0187. The number of amides is 1. The van der Waals surface area contributed by atoms with E-state index >= 15 is 0 Å². The van der Waals surface area contributed by atoms with Gasteiger partial charge in [-0.15, -0.1) is 0 Å². The number of carbonyl (C=O) groups is 2. The SMILES string of the molecule is CC(=O)c1cccc(NC(=O)c2ccc(F)c(S(=O)(=O)N3CCCCC3)c2)c1. The van der Waals surface area contributed by atoms with E-state index in [1.807, 2.05) is 0 Å². The maximum Gasteiger partial charge on any atom is 0.255 e. The van der Waals surface area contributed by atoms with E-state index in [1.165, 1.54) is 23.4 Å². The van der Waals surface area contributed by atoms with Crippen molar-refractivity contribution >= 4 is 27.4 Å². The number of nitrogens with zero attached hydrogens (tertiary/aromatic N) is 1. The first-order valence-corrected chi connectivity index (χ1v) is 10.4. The third-order valence-corrected chi connectivity index (χ3v) is 6.57. The van der Waals surface area contributed by atoms with Gasteiger partial charge in [0.15, 0.2) is 5.78 Å². The highest BCUT2D eigenvalue weighted by molar-refractivity contribution is 7.89. The third kappa shape index (κ3) is 4.28. The molecule has 6 nitrogen and oxygen atoms in total. The molecule has 1 aliphatic rings. The van der Waals surface area contributed by atoms with E-state index in [0.717, 1.165) is 31.4 Å². The van der Waals surface area contributed by atoms with Crippen molar-refractivity contribution < 1.29 is 22.4 Å². The van der Waals surface area contributed by atoms with Gasteiger partial charge in [0.25, 0.3) is 5.91 Å². The number of anilines is 1. The molecular formula is C20H21FN2O4S. The Morgan fingerprint density at radius 1 is 1.00 bits per heavy atom. The number of piperidine rings is 1. The van der Waals surface area contributed by atoms with E-state index in [1.54, 1.807) is 18.2 Å². The molecule has 0 saturated carbocycles. The maximum absolute atomic E-state index is 14.3. The van der Waals surface area contributed by atoms with Crippen molar-refractivity contribution in [1.82, 2.24) is 4.31 Å². The summed E-state index contributed by atoms with van der Waals surface area (Å²) in [6.07, 6.45) is 2.40. The summed E-state index contributed by atoms with van der Waals surface area (Å²) in [4.78, 5) is 23.5. The number of hydrogen-bond acceptors (Lipinski definition) is 4. The lowest BCUT2D eigenvalue weighted by Crippen LogP contribution is -2.36. The average Bonchev–Trinajstić information content (AvgIpc) is 2.69. The molecule has 0 aliphatic carbocycles. The van der Waals surface area contributed by atoms with E-state index in [4.69, 9.17) is 0 Å². The van der Waals surface area contributed by atoms with Gasteiger partial charge in [-0.3, -0.25) is 9.59 Å². The molecule has 1 N–H and O–H groups in total. The van der Waals surface area contributed by atoms with Gasteiger partial charge in [0.1, 0.15) is 10.7 Å². The van der Waals surface area contributed by atoms with Crippen LogP contribution in [0.5, 0.6) is 0 Å². The minimum Gasteiger partial charge on any atom is -0.322 e. The Morgan fingerprint density at radius 2 is 1.71 bits per heavy atom. The molecule has 8 heteroatoms. The normalized spacial score (nSPS) is 15.2. The van der Waals surface area contributed by atoms with Gasteiger partial charge in [-0.2, -0.15) is 4.31 Å². The quantitative estimate of drug-likeness (QED) is 0.774. The van der Waals surface area contributed by atoms with Crippen LogP contribution >= 0.6 is 0 Å². The molecule has 2 aromatic carbocycles. The molecule has 0 unspecified atom stereocenters. The van der Waals surface area contributed by atoms with Crippen LogP contribution < -0.4 is 5.32 Å². The highest BCUT2D eigenvalue weighted by Gasteiger charge is 2.29. The highest BCUT2D eigenvalue weighted by atomic mass is 32.2. The van der Waals surface area contributed by atoms with Gasteiger partial charge in [-0.05, 0) is 50.1 Å². The summed E-state index contributed by atoms with van der Waals surface area (Å²) in [6, 6.07) is 9.66. The standard InChI is InChI=1S/C20H21FN2O4S/c1-14(24)15-6-5-7-17(12-15)22-20(25)16-8-9-18(21)19(13-16)28(26,27)23-10-3-2-4-11-23/h5-9,12-13H,2-4,10-11H2,1H3,(H,22,25). The zero-order valence-electron chi connectivity index (χ0n) is 15.4. The number of rotatable bonds is 5. The van der Waals surface area contributed by atoms with E-state index in [-0.39, 0.29) is 11.3 Å². The number of Topliss-reactive ketones (excluding diaryl/α,β-unsaturated/α-hetero) is 1. The molecule has 0 bridgehead atoms. The largest absolute Gasteiger partial charge is 0.322 e. The van der Waals surface area contributed by atoms with Crippen molar-refractivity contribution in [1.29, 1.82) is 0 Å². The second-order valence-electron chi connectivity index (χ2n) is 6.70. The van der Waals surface area contributed by atoms with E-state index in [2.05, 4.69) is 5.32 Å². The van der Waals surface area contributed by atoms with Crippen LogP contribution in [0.25, 0.3) is 0 Å². The number of ketones is 1. The Bertz CT molecular complexity index is 1010. The summed E-state index contributed by atoms with van der Waals surface area (Å²) < 4.78 is 41.1. The van der Waals surface area contributed by atoms with Crippen molar-refractivity contribution in [2.45, 2.75) is 31.1 Å². The monoisotopic (exact) mass is 404 g/mol. The van der Waals surface area contributed by atoms with Gasteiger partial charge in [0, 0.05) is 29.9 Å². The maximum atomic E-state index is 14.3. The van der Waals surface area contributed by atoms with Gasteiger partial charge < -0.3 is 5.32 Å². The molecule has 1 aliphatic heterocycles. The number of sulfonamides is 1. The number of hydrogen-bond donors (Lipinski definition) is 1. The lowest BCUT2D eigenvalue weighted by molar-refractivity contribution is 0.101. The molecule has 1 amide bonds. The second-order valence-corrected chi connectivity index (χ2v) is 8.61. The van der Waals surface area contributed by atoms with Crippen LogP contribution in [0.3, 0.4) is 0 Å². The Kier molecular flexibility index (Phi) is 5.90. The molecular weight excluding hydrogens is 383 g/mol. The summed E-state index contributed by atoms with van der Waals surface area (Å²) in [6.45, 7) is 2.10. The van der Waals surface area contributed by atoms with Gasteiger partial charge >= 0.3 is 0 Å². The fourth-order valence-electron chi connectivity index (χ4n) is 3.11. The Labute approximate surface area is 163 Å². The summed E-state index contributed by atoms with van der Waals surface area (Å²) in [5.41, 5.74) is 0.845. The zero-order valence-corrected chi connectivity index (χ0v) is 16.3. The minimum atomic E-state index is -4.01. The van der Waals surface area contributed by atoms with Gasteiger partial charge in [0.05, 0.1) is 0 Å². The fourth-order valence-corrected chi connectivity index (χ4v) is 4.71. The lowest BCUT2D eigenvalue weighted by Gasteiger charge is -2.26. The number of nitrogens with one attached hydrogen (secondary N) is 1. The summed E-state index contributed by atoms with van der Waals surface area (Å²) in [5, 5.41) is 2.61. The van der Waals surface area contributed by atoms with Crippen molar-refractivity contribution in [2.75, 3.05) is 18.4 Å². The predicted molar refractivity (Wildman–Crippen MR) is 103 cm³/mol. The molecule has 28 heavy (non-hydrogen) atoms. The first kappa shape index (κ1) is 20.2. The fraction of sp³-hybridized carbons (Fsp3) is 0.300. The Hall–Kier alpha value is -2.58. The van der Waals surface area contributed by atoms with Crippen molar-refractivity contribution in [3.8, 4) is 0 Å². The number of carbonyl (C=O) groups excluding carboxylic acids is 2. The second kappa shape index (κ2) is 8.20. The molecule has 1 fully saturated rings. The highest BCUT2D eigenvalue weighted by Crippen LogP contribution is 2.24. The Morgan fingerprint density at radius 3 is 2.39 bits per heavy atom. The zero-order chi connectivity index (χ0) is 20.3. The lowest BCUT2D eigenvalue weighted by atomic mass is 10.1. The molecule has 3 rings (SSSR count). The Balaban J connectivity index is 1.87. The van der Waals surface area contributed by atoms with Crippen molar-refractivity contribution in [3.63, 3.8) is 0 Å². The van der Waals surface area contributed by atoms with Crippen LogP contribution in [0, 0.1) is 5.82 Å². The van der Waals surface area contributed by atoms with Gasteiger partial charge in [-0.1, -0.05) is 18.6 Å². The molecule has 0 aromatic heterocycles. The summed E-state index contributed by atoms with van der Waals surface area (Å²) >= 11 is 0.